The summed E-state index contributed by atoms with van der Waals surface area (Å²) in [6.45, 7) is 0. The highest BCUT2D eigenvalue weighted by molar-refractivity contribution is 7.22. The number of thiophene rings is 1. The molecule has 0 radical (unpaired) electrons. The average Bonchev–Trinajstić information content (AvgIpc) is 3.33. The van der Waals surface area contributed by atoms with E-state index in [9.17, 15) is 0 Å². The van der Waals surface area contributed by atoms with Gasteiger partial charge in [0.2, 0.25) is 0 Å². The first kappa shape index (κ1) is 14.9. The van der Waals surface area contributed by atoms with Gasteiger partial charge in [-0.25, -0.2) is 0 Å². The minimum absolute atomic E-state index is 0.389. The Morgan fingerprint density at radius 1 is 0.714 bits per heavy atom. The first-order valence-electron chi connectivity index (χ1n) is 9.80. The summed E-state index contributed by atoms with van der Waals surface area (Å²) < 4.78 is 1.39. The van der Waals surface area contributed by atoms with Crippen LogP contribution in [0.15, 0.2) is 85.0 Å². The molecule has 2 unspecified atom stereocenters. The van der Waals surface area contributed by atoms with E-state index >= 15 is 0 Å². The van der Waals surface area contributed by atoms with E-state index in [1.54, 1.807) is 0 Å². The molecule has 2 heterocycles. The van der Waals surface area contributed by atoms with Gasteiger partial charge in [-0.1, -0.05) is 72.8 Å². The van der Waals surface area contributed by atoms with E-state index in [0.29, 0.717) is 11.8 Å². The second-order valence-electron chi connectivity index (χ2n) is 7.79. The Labute approximate surface area is 166 Å². The lowest BCUT2D eigenvalue weighted by atomic mass is 9.72. The number of fused-ring (bicyclic) bond motifs is 12. The van der Waals surface area contributed by atoms with Crippen molar-refractivity contribution in [3.05, 3.63) is 96.1 Å². The van der Waals surface area contributed by atoms with Crippen LogP contribution in [0.25, 0.3) is 42.3 Å². The molecule has 0 aliphatic heterocycles. The zero-order chi connectivity index (χ0) is 18.2. The van der Waals surface area contributed by atoms with Gasteiger partial charge in [0.1, 0.15) is 0 Å². The first-order chi connectivity index (χ1) is 13.9. The van der Waals surface area contributed by atoms with E-state index in [0.717, 1.165) is 0 Å². The van der Waals surface area contributed by atoms with Gasteiger partial charge in [0.25, 0.3) is 0 Å². The van der Waals surface area contributed by atoms with Crippen molar-refractivity contribution in [3.63, 3.8) is 0 Å². The third-order valence-electron chi connectivity index (χ3n) is 6.39. The lowest BCUT2D eigenvalue weighted by Gasteiger charge is -2.30. The minimum Gasteiger partial charge on any atom is -0.354 e. The van der Waals surface area contributed by atoms with Crippen LogP contribution < -0.4 is 0 Å². The molecule has 132 valence electrons. The van der Waals surface area contributed by atoms with Gasteiger partial charge in [0.15, 0.2) is 0 Å². The van der Waals surface area contributed by atoms with Crippen LogP contribution in [-0.4, -0.2) is 4.98 Å². The molecular weight excluding hydrogens is 358 g/mol. The maximum Gasteiger partial charge on any atom is 0.0608 e. The van der Waals surface area contributed by atoms with E-state index in [4.69, 9.17) is 0 Å². The largest absolute Gasteiger partial charge is 0.354 e. The van der Waals surface area contributed by atoms with Crippen molar-refractivity contribution >= 4 is 43.1 Å². The number of aromatic amines is 1. The van der Waals surface area contributed by atoms with Gasteiger partial charge in [0, 0.05) is 32.8 Å². The molecule has 2 atom stereocenters. The van der Waals surface area contributed by atoms with E-state index in [1.807, 2.05) is 11.3 Å². The van der Waals surface area contributed by atoms with Crippen molar-refractivity contribution in [1.82, 2.24) is 4.98 Å². The maximum atomic E-state index is 3.77. The summed E-state index contributed by atoms with van der Waals surface area (Å²) in [5.74, 6) is 0.784. The summed E-state index contributed by atoms with van der Waals surface area (Å²) >= 11 is 1.94. The second kappa shape index (κ2) is 5.24. The van der Waals surface area contributed by atoms with E-state index in [1.165, 1.54) is 53.5 Å². The van der Waals surface area contributed by atoms with Gasteiger partial charge in [-0.2, -0.15) is 0 Å². The molecule has 2 aromatic heterocycles. The van der Waals surface area contributed by atoms with Crippen LogP contribution in [0, 0.1) is 0 Å². The molecule has 0 spiro atoms. The van der Waals surface area contributed by atoms with Crippen molar-refractivity contribution in [1.29, 1.82) is 0 Å². The fraction of sp³-hybridized carbons (Fsp3) is 0.0769. The topological polar surface area (TPSA) is 15.8 Å². The molecule has 0 bridgehead atoms. The molecule has 7 rings (SSSR count). The highest BCUT2D eigenvalue weighted by Crippen LogP contribution is 2.57. The molecule has 0 saturated heterocycles. The standard InChI is InChI=1S/C26H17NS/c1-2-8-16-15(7-1)13-14-21-23(16)24-18-10-4-3-9-17(18)22-19-11-5-6-12-20(19)27-25(22)26(24)28-21/h1-14,17-18,27H. The zero-order valence-corrected chi connectivity index (χ0v) is 16.0. The van der Waals surface area contributed by atoms with Gasteiger partial charge >= 0.3 is 0 Å². The predicted molar refractivity (Wildman–Crippen MR) is 120 cm³/mol. The Balaban J connectivity index is 1.69. The Morgan fingerprint density at radius 2 is 1.46 bits per heavy atom. The molecule has 0 saturated carbocycles. The number of benzene rings is 3. The van der Waals surface area contributed by atoms with Gasteiger partial charge in [-0.3, -0.25) is 0 Å². The fourth-order valence-electron chi connectivity index (χ4n) is 5.24. The summed E-state index contributed by atoms with van der Waals surface area (Å²) in [6, 6.07) is 22.1. The van der Waals surface area contributed by atoms with Crippen molar-refractivity contribution in [2.24, 2.45) is 0 Å². The molecule has 28 heavy (non-hydrogen) atoms. The molecular formula is C26H17NS. The third kappa shape index (κ3) is 1.76. The quantitative estimate of drug-likeness (QED) is 0.288. The Hall–Kier alpha value is -3.10. The molecule has 0 amide bonds. The Morgan fingerprint density at radius 3 is 2.36 bits per heavy atom. The van der Waals surface area contributed by atoms with Crippen LogP contribution >= 0.6 is 11.3 Å². The number of para-hydroxylation sites is 1. The van der Waals surface area contributed by atoms with E-state index in [-0.39, 0.29) is 0 Å². The average molecular weight is 375 g/mol. The highest BCUT2D eigenvalue weighted by atomic mass is 32.1. The predicted octanol–water partition coefficient (Wildman–Crippen LogP) is 7.51. The Kier molecular flexibility index (Phi) is 2.79. The Bertz CT molecular complexity index is 1480. The van der Waals surface area contributed by atoms with Crippen LogP contribution in [0.4, 0.5) is 0 Å². The van der Waals surface area contributed by atoms with E-state index in [2.05, 4.69) is 90.0 Å². The normalized spacial score (nSPS) is 19.9. The van der Waals surface area contributed by atoms with Gasteiger partial charge in [-0.05, 0) is 34.0 Å². The smallest absolute Gasteiger partial charge is 0.0608 e. The van der Waals surface area contributed by atoms with Gasteiger partial charge in [0.05, 0.1) is 10.6 Å². The highest BCUT2D eigenvalue weighted by Gasteiger charge is 2.37. The zero-order valence-electron chi connectivity index (χ0n) is 15.1. The number of rotatable bonds is 0. The molecule has 2 aliphatic carbocycles. The van der Waals surface area contributed by atoms with Crippen LogP contribution in [0.3, 0.4) is 0 Å². The van der Waals surface area contributed by atoms with Gasteiger partial charge < -0.3 is 4.98 Å². The van der Waals surface area contributed by atoms with Crippen LogP contribution in [0.1, 0.15) is 23.0 Å². The first-order valence-corrected chi connectivity index (χ1v) is 10.6. The number of H-pyrrole nitrogens is 1. The van der Waals surface area contributed by atoms with Crippen molar-refractivity contribution in [2.75, 3.05) is 0 Å². The maximum absolute atomic E-state index is 3.77. The number of hydrogen-bond acceptors (Lipinski definition) is 1. The molecule has 3 aromatic carbocycles. The lowest BCUT2D eigenvalue weighted by molar-refractivity contribution is 0.733. The van der Waals surface area contributed by atoms with Crippen LogP contribution in [0.5, 0.6) is 0 Å². The molecule has 1 nitrogen and oxygen atoms in total. The molecule has 5 aromatic rings. The SMILES string of the molecule is C1=CC2c3c([nH]c4ccccc34)-c3sc4ccc5ccccc5c4c3C2C=C1. The number of nitrogens with one attached hydrogen (secondary N) is 1. The van der Waals surface area contributed by atoms with Crippen molar-refractivity contribution < 1.29 is 0 Å². The number of hydrogen-bond donors (Lipinski definition) is 1. The summed E-state index contributed by atoms with van der Waals surface area (Å²) in [7, 11) is 0. The summed E-state index contributed by atoms with van der Waals surface area (Å²) in [5, 5.41) is 5.50. The van der Waals surface area contributed by atoms with Crippen LogP contribution in [-0.2, 0) is 0 Å². The van der Waals surface area contributed by atoms with Crippen LogP contribution in [0.2, 0.25) is 0 Å². The fourth-order valence-corrected chi connectivity index (χ4v) is 6.53. The summed E-state index contributed by atoms with van der Waals surface area (Å²) in [6.07, 6.45) is 9.23. The molecule has 2 heteroatoms. The third-order valence-corrected chi connectivity index (χ3v) is 7.58. The number of aromatic nitrogens is 1. The molecule has 0 fully saturated rings. The summed E-state index contributed by atoms with van der Waals surface area (Å²) in [4.78, 5) is 5.18. The number of allylic oxidation sites excluding steroid dienone is 4. The minimum atomic E-state index is 0.389. The second-order valence-corrected chi connectivity index (χ2v) is 8.84. The van der Waals surface area contributed by atoms with E-state index < -0.39 is 0 Å². The van der Waals surface area contributed by atoms with Crippen molar-refractivity contribution in [3.8, 4) is 10.6 Å². The molecule has 1 N–H and O–H groups in total. The monoisotopic (exact) mass is 375 g/mol. The lowest BCUT2D eigenvalue weighted by Crippen LogP contribution is -2.14. The molecule has 2 aliphatic rings. The van der Waals surface area contributed by atoms with Crippen molar-refractivity contribution in [2.45, 2.75) is 11.8 Å². The summed E-state index contributed by atoms with van der Waals surface area (Å²) in [5.41, 5.74) is 5.53. The van der Waals surface area contributed by atoms with Gasteiger partial charge in [-0.15, -0.1) is 11.3 Å².